The van der Waals surface area contributed by atoms with Gasteiger partial charge in [-0.1, -0.05) is 53.9 Å². The fourth-order valence-electron chi connectivity index (χ4n) is 4.21. The fourth-order valence-corrected chi connectivity index (χ4v) is 6.01. The van der Waals surface area contributed by atoms with E-state index in [1.165, 1.54) is 48.5 Å². The molecule has 0 heterocycles. The van der Waals surface area contributed by atoms with E-state index in [0.29, 0.717) is 35.7 Å². The summed E-state index contributed by atoms with van der Waals surface area (Å²) in [7, 11) is 0. The van der Waals surface area contributed by atoms with Crippen LogP contribution in [0.2, 0.25) is 0 Å². The van der Waals surface area contributed by atoms with Gasteiger partial charge in [-0.15, -0.1) is 0 Å². The fraction of sp³-hybridized carbons (Fsp3) is 0.250. The molecule has 0 amide bonds. The molecule has 4 aromatic rings. The van der Waals surface area contributed by atoms with Gasteiger partial charge in [0.2, 0.25) is 0 Å². The highest BCUT2D eigenvalue weighted by molar-refractivity contribution is 7.99. The van der Waals surface area contributed by atoms with E-state index in [0.717, 1.165) is 24.3 Å². The first-order chi connectivity index (χ1) is 24.1. The highest BCUT2D eigenvalue weighted by Crippen LogP contribution is 2.58. The Hall–Kier alpha value is -3.88. The Kier molecular flexibility index (Phi) is 11.1. The van der Waals surface area contributed by atoms with Crippen LogP contribution in [0.5, 0.6) is 11.5 Å². The molecule has 0 bridgehead atoms. The molecule has 0 aliphatic carbocycles. The van der Waals surface area contributed by atoms with Crippen molar-refractivity contribution < 1.29 is 83.8 Å². The second-order valence-corrected chi connectivity index (χ2v) is 13.0. The van der Waals surface area contributed by atoms with Crippen molar-refractivity contribution in [1.82, 2.24) is 0 Å². The van der Waals surface area contributed by atoms with Gasteiger partial charge in [-0.2, -0.15) is 79.0 Å². The molecule has 0 unspecified atom stereocenters. The summed E-state index contributed by atoms with van der Waals surface area (Å²) in [4.78, 5) is -0.139. The third-order valence-corrected chi connectivity index (χ3v) is 9.00. The van der Waals surface area contributed by atoms with Crippen LogP contribution in [-0.4, -0.2) is 36.0 Å². The molecule has 0 aliphatic heterocycles. The van der Waals surface area contributed by atoms with Crippen LogP contribution in [0.1, 0.15) is 11.1 Å². The lowest BCUT2D eigenvalue weighted by molar-refractivity contribution is -0.399. The van der Waals surface area contributed by atoms with Crippen LogP contribution >= 0.6 is 23.5 Å². The van der Waals surface area contributed by atoms with Crippen LogP contribution in [0.25, 0.3) is 0 Å². The molecule has 288 valence electrons. The lowest BCUT2D eigenvalue weighted by atomic mass is 9.97. The van der Waals surface area contributed by atoms with Gasteiger partial charge in [0.25, 0.3) is 0 Å². The van der Waals surface area contributed by atoms with Crippen LogP contribution < -0.4 is 4.74 Å². The molecule has 0 aromatic heterocycles. The predicted molar refractivity (Wildman–Crippen MR) is 154 cm³/mol. The average Bonchev–Trinajstić information content (AvgIpc) is 3.04. The number of ether oxygens (including phenoxy) is 1. The van der Waals surface area contributed by atoms with Crippen molar-refractivity contribution in [1.29, 1.82) is 0 Å². The van der Waals surface area contributed by atoms with Crippen LogP contribution in [0, 0.1) is 0 Å². The quantitative estimate of drug-likeness (QED) is 0.132. The zero-order valence-electron chi connectivity index (χ0n) is 25.3. The Morgan fingerprint density at radius 2 is 0.698 bits per heavy atom. The lowest BCUT2D eigenvalue weighted by Crippen LogP contribution is -2.59. The molecule has 0 radical (unpaired) electrons. The van der Waals surface area contributed by atoms with Crippen molar-refractivity contribution in [2.45, 2.75) is 67.5 Å². The average molecular weight is 823 g/mol. The Labute approximate surface area is 294 Å². The van der Waals surface area contributed by atoms with Gasteiger partial charge in [-0.25, -0.2) is 0 Å². The van der Waals surface area contributed by atoms with Gasteiger partial charge in [0.1, 0.15) is 11.5 Å². The maximum absolute atomic E-state index is 14.4. The Morgan fingerprint density at radius 3 is 1.09 bits per heavy atom. The maximum atomic E-state index is 14.4. The summed E-state index contributed by atoms with van der Waals surface area (Å²) in [5.41, 5.74) is -3.65. The second-order valence-electron chi connectivity index (χ2n) is 10.7. The third-order valence-electron chi connectivity index (χ3n) is 7.02. The minimum absolute atomic E-state index is 0.0553. The first-order valence-corrected chi connectivity index (χ1v) is 15.5. The summed E-state index contributed by atoms with van der Waals surface area (Å²) in [6, 6.07) is 15.3. The zero-order chi connectivity index (χ0) is 40.1. The molecule has 4 rings (SSSR count). The molecule has 21 heteroatoms. The highest BCUT2D eigenvalue weighted by Gasteiger charge is 2.83. The summed E-state index contributed by atoms with van der Waals surface area (Å²) in [5, 5.41) is 0. The molecule has 0 fully saturated rings. The minimum atomic E-state index is -7.08. The standard InChI is InChI=1S/C32H16F18OS2/c33-25(34,27(37,38)29(41,42)31(45,46)47)17-4-1-7-22(14-17)52-21-12-10-19(11-13-21)51-20-6-3-9-24(16-20)53-23-8-2-5-18(15-23)26(35,36)28(39,40)30(43,44)32(48,49)50/h1-16H. The summed E-state index contributed by atoms with van der Waals surface area (Å²) >= 11 is 1.23. The van der Waals surface area contributed by atoms with Crippen molar-refractivity contribution in [2.24, 2.45) is 0 Å². The van der Waals surface area contributed by atoms with Crippen molar-refractivity contribution in [3.05, 3.63) is 108 Å². The number of halogens is 18. The van der Waals surface area contributed by atoms with Gasteiger partial charge < -0.3 is 4.74 Å². The van der Waals surface area contributed by atoms with Crippen LogP contribution in [-0.2, 0) is 11.8 Å². The van der Waals surface area contributed by atoms with Crippen molar-refractivity contribution in [2.75, 3.05) is 0 Å². The SMILES string of the molecule is FC(F)(F)C(F)(F)C(F)(F)C(F)(F)c1cccc(Sc2ccc(Oc3cccc(Sc4cccc(C(F)(F)C(F)(F)C(F)(F)C(F)(F)F)c4)c3)cc2)c1. The van der Waals surface area contributed by atoms with Gasteiger partial charge in [0.15, 0.2) is 0 Å². The summed E-state index contributed by atoms with van der Waals surface area (Å²) in [6.07, 6.45) is -14.0. The normalized spacial score (nSPS) is 14.0. The monoisotopic (exact) mass is 822 g/mol. The Bertz CT molecular complexity index is 1900. The molecule has 0 N–H and O–H groups in total. The number of rotatable bonds is 12. The highest BCUT2D eigenvalue weighted by atomic mass is 32.2. The lowest BCUT2D eigenvalue weighted by Gasteiger charge is -2.33. The third kappa shape index (κ3) is 7.86. The smallest absolute Gasteiger partial charge is 0.457 e. The van der Waals surface area contributed by atoms with Gasteiger partial charge in [0.05, 0.1) is 0 Å². The molecular formula is C32H16F18OS2. The molecule has 0 spiro atoms. The largest absolute Gasteiger partial charge is 0.460 e. The number of hydrogen-bond acceptors (Lipinski definition) is 3. The number of benzene rings is 4. The van der Waals surface area contributed by atoms with E-state index in [2.05, 4.69) is 0 Å². The van der Waals surface area contributed by atoms with E-state index < -0.39 is 59.0 Å². The van der Waals surface area contributed by atoms with Crippen LogP contribution in [0.15, 0.2) is 117 Å². The molecule has 0 saturated carbocycles. The van der Waals surface area contributed by atoms with Crippen molar-refractivity contribution in [3.63, 3.8) is 0 Å². The van der Waals surface area contributed by atoms with E-state index in [-0.39, 0.29) is 43.2 Å². The molecular weight excluding hydrogens is 806 g/mol. The van der Waals surface area contributed by atoms with E-state index in [9.17, 15) is 79.0 Å². The summed E-state index contributed by atoms with van der Waals surface area (Å²) in [6.45, 7) is 0. The first-order valence-electron chi connectivity index (χ1n) is 13.9. The van der Waals surface area contributed by atoms with Gasteiger partial charge in [-0.05, 0) is 66.7 Å². The van der Waals surface area contributed by atoms with Crippen molar-refractivity contribution in [3.8, 4) is 11.5 Å². The molecule has 1 nitrogen and oxygen atoms in total. The second kappa shape index (κ2) is 14.1. The van der Waals surface area contributed by atoms with Gasteiger partial charge >= 0.3 is 47.9 Å². The predicted octanol–water partition coefficient (Wildman–Crippen LogP) is 13.6. The van der Waals surface area contributed by atoms with Crippen LogP contribution in [0.4, 0.5) is 79.0 Å². The Morgan fingerprint density at radius 1 is 0.340 bits per heavy atom. The maximum Gasteiger partial charge on any atom is 0.460 e. The molecule has 0 atom stereocenters. The minimum Gasteiger partial charge on any atom is -0.457 e. The first kappa shape index (κ1) is 41.9. The number of hydrogen-bond donors (Lipinski definition) is 0. The molecule has 0 saturated heterocycles. The zero-order valence-corrected chi connectivity index (χ0v) is 26.9. The topological polar surface area (TPSA) is 9.23 Å². The molecule has 4 aromatic carbocycles. The van der Waals surface area contributed by atoms with E-state index in [1.54, 1.807) is 0 Å². The van der Waals surface area contributed by atoms with E-state index in [4.69, 9.17) is 4.74 Å². The van der Waals surface area contributed by atoms with Gasteiger partial charge in [-0.3, -0.25) is 0 Å². The van der Waals surface area contributed by atoms with Gasteiger partial charge in [0, 0.05) is 30.7 Å². The Balaban J connectivity index is 1.47. The summed E-state index contributed by atoms with van der Waals surface area (Å²) < 4.78 is 247. The molecule has 0 aliphatic rings. The van der Waals surface area contributed by atoms with E-state index >= 15 is 0 Å². The summed E-state index contributed by atoms with van der Waals surface area (Å²) in [5.74, 6) is -39.6. The molecule has 53 heavy (non-hydrogen) atoms. The number of alkyl halides is 18. The van der Waals surface area contributed by atoms with Crippen molar-refractivity contribution >= 4 is 23.5 Å². The van der Waals surface area contributed by atoms with E-state index in [1.807, 2.05) is 0 Å². The van der Waals surface area contributed by atoms with Crippen LogP contribution in [0.3, 0.4) is 0 Å².